The molecule has 2 heteroatoms. The van der Waals surface area contributed by atoms with Crippen LogP contribution in [0.1, 0.15) is 23.5 Å². The molecular formula is C32H25NS. The molecule has 0 spiro atoms. The number of allylic oxidation sites excluding steroid dienone is 3. The second kappa shape index (κ2) is 7.78. The van der Waals surface area contributed by atoms with Crippen LogP contribution in [0.15, 0.2) is 108 Å². The van der Waals surface area contributed by atoms with Crippen LogP contribution in [0, 0.1) is 6.92 Å². The second-order valence-corrected chi connectivity index (χ2v) is 10.8. The maximum absolute atomic E-state index is 3.62. The first-order chi connectivity index (χ1) is 16.7. The summed E-state index contributed by atoms with van der Waals surface area (Å²) in [7, 11) is 0. The highest BCUT2D eigenvalue weighted by Gasteiger charge is 2.27. The molecule has 0 fully saturated rings. The molecule has 34 heavy (non-hydrogen) atoms. The number of thioether (sulfide) groups is 1. The molecule has 2 heterocycles. The Bertz CT molecular complexity index is 1620. The number of fused-ring (bicyclic) bond motifs is 7. The summed E-state index contributed by atoms with van der Waals surface area (Å²) in [5.74, 6) is 0.505. The number of rotatable bonds is 2. The number of aryl methyl sites for hydroxylation is 1. The molecule has 0 radical (unpaired) electrons. The molecule has 2 aliphatic rings. The van der Waals surface area contributed by atoms with Crippen LogP contribution in [-0.4, -0.2) is 10.2 Å². The van der Waals surface area contributed by atoms with Crippen molar-refractivity contribution in [3.63, 3.8) is 0 Å². The van der Waals surface area contributed by atoms with Crippen LogP contribution in [0.5, 0.6) is 0 Å². The van der Waals surface area contributed by atoms with Crippen molar-refractivity contribution in [2.75, 3.05) is 0 Å². The molecule has 164 valence electrons. The van der Waals surface area contributed by atoms with Gasteiger partial charge >= 0.3 is 0 Å². The summed E-state index contributed by atoms with van der Waals surface area (Å²) in [4.78, 5) is 5.07. The Hall–Kier alpha value is -3.49. The molecule has 1 aromatic heterocycles. The van der Waals surface area contributed by atoms with Crippen molar-refractivity contribution in [1.82, 2.24) is 4.98 Å². The highest BCUT2D eigenvalue weighted by Crippen LogP contribution is 2.48. The number of aromatic amines is 1. The van der Waals surface area contributed by atoms with Crippen LogP contribution >= 0.6 is 11.8 Å². The molecule has 2 unspecified atom stereocenters. The fraction of sp³-hybridized carbons (Fsp3) is 0.125. The number of benzene rings is 4. The number of H-pyrrole nitrogens is 1. The zero-order chi connectivity index (χ0) is 22.6. The van der Waals surface area contributed by atoms with Crippen molar-refractivity contribution < 1.29 is 0 Å². The molecule has 0 saturated heterocycles. The standard InChI is InChI=1S/C32H25NS/c1-20-9-11-21(12-10-20)22-13-15-30-28(18-22)29-19-24(14-16-31(29)33-30)27-8-4-7-26-23-5-2-3-6-25(17-23)34-32(26)27/h2-16,18-19,23,25,33H,17H2,1H3. The Balaban J connectivity index is 1.38. The highest BCUT2D eigenvalue weighted by atomic mass is 32.2. The largest absolute Gasteiger partial charge is 0.355 e. The van der Waals surface area contributed by atoms with Gasteiger partial charge in [0.05, 0.1) is 0 Å². The van der Waals surface area contributed by atoms with E-state index in [4.69, 9.17) is 0 Å². The summed E-state index contributed by atoms with van der Waals surface area (Å²) in [6, 6.07) is 29.3. The number of aromatic nitrogens is 1. The zero-order valence-corrected chi connectivity index (χ0v) is 19.9. The van der Waals surface area contributed by atoms with E-state index < -0.39 is 0 Å². The van der Waals surface area contributed by atoms with Crippen molar-refractivity contribution in [3.8, 4) is 22.3 Å². The predicted octanol–water partition coefficient (Wildman–Crippen LogP) is 9.04. The van der Waals surface area contributed by atoms with E-state index in [1.54, 1.807) is 0 Å². The molecule has 7 rings (SSSR count). The molecule has 1 nitrogen and oxygen atoms in total. The van der Waals surface area contributed by atoms with E-state index in [1.165, 1.54) is 66.5 Å². The smallest absolute Gasteiger partial charge is 0.0465 e. The van der Waals surface area contributed by atoms with Crippen molar-refractivity contribution >= 4 is 33.6 Å². The van der Waals surface area contributed by atoms with Gasteiger partial charge in [-0.2, -0.15) is 0 Å². The predicted molar refractivity (Wildman–Crippen MR) is 147 cm³/mol. The molecule has 2 bridgehead atoms. The Labute approximate surface area is 204 Å². The summed E-state index contributed by atoms with van der Waals surface area (Å²) >= 11 is 2.02. The summed E-state index contributed by atoms with van der Waals surface area (Å²) in [5, 5.41) is 3.12. The SMILES string of the molecule is Cc1ccc(-c2ccc3[nH]c4ccc(-c5cccc6c5SC5C=CC=CC6C5)cc4c3c2)cc1. The van der Waals surface area contributed by atoms with Crippen molar-refractivity contribution in [1.29, 1.82) is 0 Å². The van der Waals surface area contributed by atoms with Gasteiger partial charge in [0.2, 0.25) is 0 Å². The second-order valence-electron chi connectivity index (χ2n) is 9.50. The van der Waals surface area contributed by atoms with Crippen molar-refractivity contribution in [3.05, 3.63) is 114 Å². The minimum Gasteiger partial charge on any atom is -0.355 e. The molecule has 0 saturated carbocycles. The van der Waals surface area contributed by atoms with E-state index in [2.05, 4.69) is 115 Å². The van der Waals surface area contributed by atoms with E-state index in [0.717, 1.165) is 0 Å². The normalized spacial score (nSPS) is 18.9. The molecular weight excluding hydrogens is 430 g/mol. The van der Waals surface area contributed by atoms with Gasteiger partial charge in [-0.3, -0.25) is 0 Å². The van der Waals surface area contributed by atoms with E-state index in [9.17, 15) is 0 Å². The van der Waals surface area contributed by atoms with Gasteiger partial charge < -0.3 is 4.98 Å². The monoisotopic (exact) mass is 455 g/mol. The van der Waals surface area contributed by atoms with Crippen LogP contribution in [-0.2, 0) is 0 Å². The van der Waals surface area contributed by atoms with Crippen molar-refractivity contribution in [2.24, 2.45) is 0 Å². The lowest BCUT2D eigenvalue weighted by Crippen LogP contribution is -2.12. The Morgan fingerprint density at radius 1 is 0.735 bits per heavy atom. The Morgan fingerprint density at radius 3 is 2.26 bits per heavy atom. The molecule has 5 aromatic rings. The molecule has 4 aromatic carbocycles. The van der Waals surface area contributed by atoms with Gasteiger partial charge in [0.25, 0.3) is 0 Å². The summed E-state index contributed by atoms with van der Waals surface area (Å²) < 4.78 is 0. The fourth-order valence-electron chi connectivity index (χ4n) is 5.46. The van der Waals surface area contributed by atoms with Crippen LogP contribution in [0.4, 0.5) is 0 Å². The molecule has 1 aliphatic carbocycles. The van der Waals surface area contributed by atoms with E-state index in [-0.39, 0.29) is 0 Å². The topological polar surface area (TPSA) is 15.8 Å². The van der Waals surface area contributed by atoms with Gasteiger partial charge in [-0.25, -0.2) is 0 Å². The number of hydrogen-bond acceptors (Lipinski definition) is 1. The first-order valence-corrected chi connectivity index (χ1v) is 12.9. The van der Waals surface area contributed by atoms with Crippen LogP contribution in [0.2, 0.25) is 0 Å². The first-order valence-electron chi connectivity index (χ1n) is 12.0. The summed E-state index contributed by atoms with van der Waals surface area (Å²) in [6.45, 7) is 2.14. The van der Waals surface area contributed by atoms with Crippen LogP contribution < -0.4 is 0 Å². The third kappa shape index (κ3) is 3.25. The maximum Gasteiger partial charge on any atom is 0.0465 e. The van der Waals surface area contributed by atoms with Gasteiger partial charge in [0.15, 0.2) is 0 Å². The lowest BCUT2D eigenvalue weighted by atomic mass is 9.90. The van der Waals surface area contributed by atoms with Crippen molar-refractivity contribution in [2.45, 2.75) is 29.4 Å². The lowest BCUT2D eigenvalue weighted by molar-refractivity contribution is 0.737. The maximum atomic E-state index is 3.62. The van der Waals surface area contributed by atoms with Crippen LogP contribution in [0.3, 0.4) is 0 Å². The van der Waals surface area contributed by atoms with Gasteiger partial charge in [-0.1, -0.05) is 84.5 Å². The molecule has 0 amide bonds. The van der Waals surface area contributed by atoms with Gasteiger partial charge in [-0.15, -0.1) is 11.8 Å². The van der Waals surface area contributed by atoms with Crippen LogP contribution in [0.25, 0.3) is 44.1 Å². The molecule has 2 atom stereocenters. The third-order valence-electron chi connectivity index (χ3n) is 7.28. The first kappa shape index (κ1) is 19.9. The third-order valence-corrected chi connectivity index (χ3v) is 8.62. The van der Waals surface area contributed by atoms with Gasteiger partial charge in [0, 0.05) is 37.9 Å². The van der Waals surface area contributed by atoms with Gasteiger partial charge in [-0.05, 0) is 65.4 Å². The number of nitrogens with one attached hydrogen (secondary N) is 1. The average molecular weight is 456 g/mol. The summed E-state index contributed by atoms with van der Waals surface area (Å²) in [6.07, 6.45) is 10.4. The summed E-state index contributed by atoms with van der Waals surface area (Å²) in [5.41, 5.74) is 10.3. The minimum absolute atomic E-state index is 0.505. The van der Waals surface area contributed by atoms with Gasteiger partial charge in [0.1, 0.15) is 0 Å². The minimum atomic E-state index is 0.505. The van der Waals surface area contributed by atoms with E-state index in [0.29, 0.717) is 11.2 Å². The van der Waals surface area contributed by atoms with E-state index in [1.807, 2.05) is 11.8 Å². The quantitative estimate of drug-likeness (QED) is 0.281. The highest BCUT2D eigenvalue weighted by molar-refractivity contribution is 8.00. The Kier molecular flexibility index (Phi) is 4.56. The Morgan fingerprint density at radius 2 is 1.44 bits per heavy atom. The molecule has 1 N–H and O–H groups in total. The van der Waals surface area contributed by atoms with E-state index >= 15 is 0 Å². The lowest BCUT2D eigenvalue weighted by Gasteiger charge is -2.29. The number of hydrogen-bond donors (Lipinski definition) is 1. The fourth-order valence-corrected chi connectivity index (χ4v) is 6.90. The molecule has 1 aliphatic heterocycles. The average Bonchev–Trinajstić information content (AvgIpc) is 3.12. The zero-order valence-electron chi connectivity index (χ0n) is 19.1.